The van der Waals surface area contributed by atoms with E-state index in [2.05, 4.69) is 15.5 Å². The first-order valence-electron chi connectivity index (χ1n) is 11.7. The van der Waals surface area contributed by atoms with Gasteiger partial charge in [-0.25, -0.2) is 18.7 Å². The number of para-hydroxylation sites is 1. The van der Waals surface area contributed by atoms with Gasteiger partial charge < -0.3 is 19.1 Å². The molecular formula is C26H23F2N5O4. The minimum Gasteiger partial charge on any atom is -0.438 e. The van der Waals surface area contributed by atoms with Gasteiger partial charge in [-0.1, -0.05) is 18.2 Å². The number of nitrogens with zero attached hydrogens (tertiary/aromatic N) is 3. The molecule has 0 bridgehead atoms. The van der Waals surface area contributed by atoms with Gasteiger partial charge in [0.05, 0.1) is 17.0 Å². The molecule has 1 aliphatic heterocycles. The van der Waals surface area contributed by atoms with E-state index in [9.17, 15) is 23.6 Å². The van der Waals surface area contributed by atoms with E-state index in [1.165, 1.54) is 4.90 Å². The first-order valence-corrected chi connectivity index (χ1v) is 11.7. The van der Waals surface area contributed by atoms with Gasteiger partial charge in [0.25, 0.3) is 11.8 Å². The standard InChI is InChI=1S/C26H23F2N5O4/c1-14-11-17(15(2)30-20-6-4-3-5-16(20)23-31-32-25(35)37-23)22-18(12-14)21(34)19(13-29)24(36-22)33-9-7-26(27,28)8-10-33/h3-6,11-12,15,30H,7-10H2,1-2H3,(H,32,35)/t15-/m1/s1. The zero-order valence-electron chi connectivity index (χ0n) is 20.1. The summed E-state index contributed by atoms with van der Waals surface area (Å²) in [6.45, 7) is 3.62. The molecule has 2 N–H and O–H groups in total. The minimum absolute atomic E-state index is 0.00602. The van der Waals surface area contributed by atoms with Gasteiger partial charge in [-0.3, -0.25) is 4.79 Å². The van der Waals surface area contributed by atoms with Crippen LogP contribution >= 0.6 is 0 Å². The molecule has 5 rings (SSSR count). The Balaban J connectivity index is 1.60. The lowest BCUT2D eigenvalue weighted by Crippen LogP contribution is -2.40. The third-order valence-electron chi connectivity index (χ3n) is 6.47. The van der Waals surface area contributed by atoms with Crippen LogP contribution in [0.4, 0.5) is 20.4 Å². The van der Waals surface area contributed by atoms with E-state index >= 15 is 0 Å². The lowest BCUT2D eigenvalue weighted by molar-refractivity contribution is -0.0225. The second-order valence-electron chi connectivity index (χ2n) is 9.13. The summed E-state index contributed by atoms with van der Waals surface area (Å²) in [5.41, 5.74) is 2.15. The summed E-state index contributed by atoms with van der Waals surface area (Å²) in [4.78, 5) is 26.3. The number of rotatable bonds is 5. The Morgan fingerprint density at radius 3 is 2.59 bits per heavy atom. The fourth-order valence-corrected chi connectivity index (χ4v) is 4.59. The normalized spacial score (nSPS) is 15.9. The molecule has 11 heteroatoms. The van der Waals surface area contributed by atoms with Crippen LogP contribution in [0.25, 0.3) is 22.4 Å². The summed E-state index contributed by atoms with van der Waals surface area (Å²) in [6, 6.07) is 12.1. The van der Waals surface area contributed by atoms with Crippen LogP contribution in [-0.4, -0.2) is 29.2 Å². The molecule has 1 atom stereocenters. The number of alkyl halides is 2. The van der Waals surface area contributed by atoms with Crippen LogP contribution in [0.15, 0.2) is 54.8 Å². The lowest BCUT2D eigenvalue weighted by Gasteiger charge is -2.32. The van der Waals surface area contributed by atoms with Crippen LogP contribution in [0, 0.1) is 18.3 Å². The molecule has 0 spiro atoms. The van der Waals surface area contributed by atoms with Crippen molar-refractivity contribution < 1.29 is 17.6 Å². The average molecular weight is 507 g/mol. The zero-order chi connectivity index (χ0) is 26.3. The number of aryl methyl sites for hydroxylation is 1. The predicted octanol–water partition coefficient (Wildman–Crippen LogP) is 4.73. The number of benzene rings is 2. The van der Waals surface area contributed by atoms with E-state index < -0.39 is 36.0 Å². The second kappa shape index (κ2) is 9.20. The van der Waals surface area contributed by atoms with Crippen molar-refractivity contribution in [3.63, 3.8) is 0 Å². The predicted molar refractivity (Wildman–Crippen MR) is 133 cm³/mol. The van der Waals surface area contributed by atoms with E-state index in [0.717, 1.165) is 5.56 Å². The van der Waals surface area contributed by atoms with Crippen molar-refractivity contribution in [2.75, 3.05) is 23.3 Å². The van der Waals surface area contributed by atoms with Gasteiger partial charge in [-0.15, -0.1) is 5.10 Å². The number of fused-ring (bicyclic) bond motifs is 1. The summed E-state index contributed by atoms with van der Waals surface area (Å²) in [6.07, 6.45) is -0.781. The van der Waals surface area contributed by atoms with Crippen LogP contribution in [-0.2, 0) is 0 Å². The highest BCUT2D eigenvalue weighted by Crippen LogP contribution is 2.36. The maximum atomic E-state index is 13.8. The third kappa shape index (κ3) is 4.58. The smallest absolute Gasteiger partial charge is 0.434 e. The molecule has 2 aromatic carbocycles. The summed E-state index contributed by atoms with van der Waals surface area (Å²) >= 11 is 0. The van der Waals surface area contributed by atoms with Gasteiger partial charge in [0.15, 0.2) is 5.56 Å². The average Bonchev–Trinajstić information content (AvgIpc) is 3.30. The van der Waals surface area contributed by atoms with Crippen LogP contribution in [0.1, 0.15) is 42.5 Å². The van der Waals surface area contributed by atoms with E-state index in [1.54, 1.807) is 30.3 Å². The largest absolute Gasteiger partial charge is 0.438 e. The number of anilines is 2. The molecule has 0 radical (unpaired) electrons. The molecule has 1 aliphatic rings. The van der Waals surface area contributed by atoms with Crippen molar-refractivity contribution >= 4 is 22.5 Å². The minimum atomic E-state index is -2.79. The monoisotopic (exact) mass is 507 g/mol. The van der Waals surface area contributed by atoms with Crippen molar-refractivity contribution in [3.8, 4) is 17.5 Å². The molecule has 0 unspecified atom stereocenters. The number of hydrogen-bond donors (Lipinski definition) is 2. The molecule has 1 fully saturated rings. The summed E-state index contributed by atoms with van der Waals surface area (Å²) < 4.78 is 38.8. The SMILES string of the molecule is Cc1cc([C@@H](C)Nc2ccccc2-c2n[nH]c(=O)o2)c2oc(N3CCC(F)(F)CC3)c(C#N)c(=O)c2c1. The van der Waals surface area contributed by atoms with Crippen molar-refractivity contribution in [1.29, 1.82) is 5.26 Å². The quantitative estimate of drug-likeness (QED) is 0.397. The number of H-pyrrole nitrogens is 1. The Morgan fingerprint density at radius 1 is 1.19 bits per heavy atom. The molecule has 4 aromatic rings. The topological polar surface area (TPSA) is 128 Å². The van der Waals surface area contributed by atoms with Gasteiger partial charge >= 0.3 is 5.76 Å². The maximum Gasteiger partial charge on any atom is 0.434 e. The van der Waals surface area contributed by atoms with E-state index in [4.69, 9.17) is 8.83 Å². The molecule has 0 saturated carbocycles. The number of nitrogens with one attached hydrogen (secondary N) is 2. The Bertz CT molecular complexity index is 1640. The first kappa shape index (κ1) is 24.2. The van der Waals surface area contributed by atoms with Crippen molar-refractivity contribution in [1.82, 2.24) is 10.2 Å². The molecular weight excluding hydrogens is 484 g/mol. The highest BCUT2D eigenvalue weighted by atomic mass is 19.3. The highest BCUT2D eigenvalue weighted by molar-refractivity contribution is 5.85. The molecule has 3 heterocycles. The van der Waals surface area contributed by atoms with E-state index in [0.29, 0.717) is 16.8 Å². The number of aromatic nitrogens is 2. The summed E-state index contributed by atoms with van der Waals surface area (Å²) in [5.74, 6) is -3.35. The molecule has 2 aromatic heterocycles. The van der Waals surface area contributed by atoms with Gasteiger partial charge in [-0.2, -0.15) is 5.26 Å². The van der Waals surface area contributed by atoms with Crippen LogP contribution in [0.3, 0.4) is 0 Å². The lowest BCUT2D eigenvalue weighted by atomic mass is 9.99. The second-order valence-corrected chi connectivity index (χ2v) is 9.13. The third-order valence-corrected chi connectivity index (χ3v) is 6.47. The van der Waals surface area contributed by atoms with Crippen LogP contribution in [0.5, 0.6) is 0 Å². The molecule has 37 heavy (non-hydrogen) atoms. The van der Waals surface area contributed by atoms with Gasteiger partial charge in [0.2, 0.25) is 11.3 Å². The Kier molecular flexibility index (Phi) is 6.03. The fourth-order valence-electron chi connectivity index (χ4n) is 4.59. The van der Waals surface area contributed by atoms with Crippen molar-refractivity contribution in [2.24, 2.45) is 0 Å². The molecule has 0 amide bonds. The van der Waals surface area contributed by atoms with Crippen LogP contribution < -0.4 is 21.4 Å². The summed E-state index contributed by atoms with van der Waals surface area (Å²) in [5, 5.41) is 19.5. The molecule has 190 valence electrons. The summed E-state index contributed by atoms with van der Waals surface area (Å²) in [7, 11) is 0. The number of nitriles is 1. The molecule has 1 saturated heterocycles. The zero-order valence-corrected chi connectivity index (χ0v) is 20.1. The maximum absolute atomic E-state index is 13.8. The number of hydrogen-bond acceptors (Lipinski definition) is 8. The van der Waals surface area contributed by atoms with Gasteiger partial charge in [0, 0.05) is 37.2 Å². The van der Waals surface area contributed by atoms with Crippen molar-refractivity contribution in [3.05, 3.63) is 73.9 Å². The van der Waals surface area contributed by atoms with Gasteiger partial charge in [0.1, 0.15) is 11.7 Å². The van der Waals surface area contributed by atoms with Gasteiger partial charge in [-0.05, 0) is 37.6 Å². The Hall–Kier alpha value is -4.46. The highest BCUT2D eigenvalue weighted by Gasteiger charge is 2.36. The number of piperidine rings is 1. The molecule has 0 aliphatic carbocycles. The van der Waals surface area contributed by atoms with Crippen molar-refractivity contribution in [2.45, 2.75) is 38.7 Å². The van der Waals surface area contributed by atoms with Crippen LogP contribution in [0.2, 0.25) is 0 Å². The fraction of sp³-hybridized carbons (Fsp3) is 0.308. The first-order chi connectivity index (χ1) is 17.7. The number of halogens is 2. The molecule has 9 nitrogen and oxygen atoms in total. The Labute approximate surface area is 209 Å². The van der Waals surface area contributed by atoms with E-state index in [-0.39, 0.29) is 41.4 Å². The Morgan fingerprint density at radius 2 is 1.92 bits per heavy atom. The number of aromatic amines is 1. The van der Waals surface area contributed by atoms with E-state index in [1.807, 2.05) is 26.0 Å².